The number of carbonyl (C=O) groups is 1. The van der Waals surface area contributed by atoms with Gasteiger partial charge >= 0.3 is 5.97 Å². The van der Waals surface area contributed by atoms with Gasteiger partial charge in [-0.15, -0.1) is 0 Å². The molecule has 0 unspecified atom stereocenters. The standard InChI is InChI=1S/C12H20O3/c1-2-14-10-6-5-9-12(13)15-11-7-3-4-8-11/h7H,2-6,8-10H2,1H3. The molecule has 0 bridgehead atoms. The first-order valence-corrected chi connectivity index (χ1v) is 5.80. The Balaban J connectivity index is 1.98. The summed E-state index contributed by atoms with van der Waals surface area (Å²) < 4.78 is 10.4. The molecule has 1 aliphatic carbocycles. The van der Waals surface area contributed by atoms with E-state index < -0.39 is 0 Å². The summed E-state index contributed by atoms with van der Waals surface area (Å²) in [7, 11) is 0. The Morgan fingerprint density at radius 1 is 1.47 bits per heavy atom. The second-order valence-electron chi connectivity index (χ2n) is 3.69. The molecule has 0 atom stereocenters. The number of unbranched alkanes of at least 4 members (excludes halogenated alkanes) is 1. The first-order chi connectivity index (χ1) is 7.33. The average Bonchev–Trinajstić information content (AvgIpc) is 2.70. The van der Waals surface area contributed by atoms with E-state index in [4.69, 9.17) is 9.47 Å². The van der Waals surface area contributed by atoms with Gasteiger partial charge in [-0.05, 0) is 38.7 Å². The molecule has 86 valence electrons. The van der Waals surface area contributed by atoms with Gasteiger partial charge in [-0.2, -0.15) is 0 Å². The van der Waals surface area contributed by atoms with E-state index in [1.54, 1.807) is 0 Å². The van der Waals surface area contributed by atoms with Gasteiger partial charge in [0.25, 0.3) is 0 Å². The molecule has 1 rings (SSSR count). The minimum absolute atomic E-state index is 0.0975. The lowest BCUT2D eigenvalue weighted by atomic mass is 10.2. The van der Waals surface area contributed by atoms with E-state index in [-0.39, 0.29) is 5.97 Å². The Morgan fingerprint density at radius 3 is 3.00 bits per heavy atom. The number of rotatable bonds is 7. The van der Waals surface area contributed by atoms with Crippen LogP contribution in [-0.2, 0) is 14.3 Å². The van der Waals surface area contributed by atoms with Crippen molar-refractivity contribution >= 4 is 5.97 Å². The molecule has 0 aliphatic heterocycles. The molecule has 0 spiro atoms. The molecule has 0 radical (unpaired) electrons. The third-order valence-corrected chi connectivity index (χ3v) is 2.37. The molecule has 0 saturated heterocycles. The monoisotopic (exact) mass is 212 g/mol. The molecule has 0 heterocycles. The summed E-state index contributed by atoms with van der Waals surface area (Å²) in [6.07, 6.45) is 7.39. The zero-order valence-corrected chi connectivity index (χ0v) is 9.46. The molecule has 0 aromatic rings. The van der Waals surface area contributed by atoms with Crippen LogP contribution in [0, 0.1) is 0 Å². The maximum atomic E-state index is 11.3. The molecule has 0 aromatic carbocycles. The lowest BCUT2D eigenvalue weighted by Gasteiger charge is -2.04. The Morgan fingerprint density at radius 2 is 2.33 bits per heavy atom. The summed E-state index contributed by atoms with van der Waals surface area (Å²) >= 11 is 0. The van der Waals surface area contributed by atoms with Crippen LogP contribution in [0.3, 0.4) is 0 Å². The van der Waals surface area contributed by atoms with E-state index in [2.05, 4.69) is 0 Å². The van der Waals surface area contributed by atoms with Crippen LogP contribution >= 0.6 is 0 Å². The minimum atomic E-state index is -0.0975. The van der Waals surface area contributed by atoms with Crippen LogP contribution in [-0.4, -0.2) is 19.2 Å². The number of hydrogen-bond acceptors (Lipinski definition) is 3. The lowest BCUT2D eigenvalue weighted by Crippen LogP contribution is -2.04. The van der Waals surface area contributed by atoms with Crippen molar-refractivity contribution in [3.63, 3.8) is 0 Å². The van der Waals surface area contributed by atoms with Crippen LogP contribution in [0.2, 0.25) is 0 Å². The van der Waals surface area contributed by atoms with Crippen molar-refractivity contribution in [1.82, 2.24) is 0 Å². The summed E-state index contributed by atoms with van der Waals surface area (Å²) in [4.78, 5) is 11.3. The van der Waals surface area contributed by atoms with Crippen LogP contribution in [0.4, 0.5) is 0 Å². The van der Waals surface area contributed by atoms with Gasteiger partial charge in [0, 0.05) is 26.1 Å². The molecule has 0 amide bonds. The lowest BCUT2D eigenvalue weighted by molar-refractivity contribution is -0.139. The Labute approximate surface area is 91.4 Å². The highest BCUT2D eigenvalue weighted by atomic mass is 16.5. The number of carbonyl (C=O) groups excluding carboxylic acids is 1. The third-order valence-electron chi connectivity index (χ3n) is 2.37. The summed E-state index contributed by atoms with van der Waals surface area (Å²) in [5, 5.41) is 0. The van der Waals surface area contributed by atoms with Crippen molar-refractivity contribution in [2.24, 2.45) is 0 Å². The van der Waals surface area contributed by atoms with E-state index in [9.17, 15) is 4.79 Å². The molecular weight excluding hydrogens is 192 g/mol. The number of ether oxygens (including phenoxy) is 2. The van der Waals surface area contributed by atoms with Crippen molar-refractivity contribution in [2.45, 2.75) is 45.4 Å². The predicted molar refractivity (Wildman–Crippen MR) is 58.4 cm³/mol. The van der Waals surface area contributed by atoms with Crippen LogP contribution in [0.1, 0.15) is 45.4 Å². The first-order valence-electron chi connectivity index (χ1n) is 5.80. The average molecular weight is 212 g/mol. The van der Waals surface area contributed by atoms with Gasteiger partial charge in [0.05, 0.1) is 0 Å². The maximum absolute atomic E-state index is 11.3. The minimum Gasteiger partial charge on any atom is -0.431 e. The zero-order chi connectivity index (χ0) is 10.9. The topological polar surface area (TPSA) is 35.5 Å². The fourth-order valence-corrected chi connectivity index (χ4v) is 1.55. The molecule has 0 saturated carbocycles. The molecular formula is C12H20O3. The molecule has 0 aromatic heterocycles. The van der Waals surface area contributed by atoms with Gasteiger partial charge in [-0.3, -0.25) is 4.79 Å². The Hall–Kier alpha value is -0.830. The van der Waals surface area contributed by atoms with Crippen molar-refractivity contribution in [1.29, 1.82) is 0 Å². The van der Waals surface area contributed by atoms with Crippen molar-refractivity contribution in [3.05, 3.63) is 11.8 Å². The summed E-state index contributed by atoms with van der Waals surface area (Å²) in [5.74, 6) is 0.768. The van der Waals surface area contributed by atoms with Gasteiger partial charge in [-0.1, -0.05) is 0 Å². The fourth-order valence-electron chi connectivity index (χ4n) is 1.55. The predicted octanol–water partition coefficient (Wildman–Crippen LogP) is 2.80. The van der Waals surface area contributed by atoms with Crippen molar-refractivity contribution in [2.75, 3.05) is 13.2 Å². The normalized spacial score (nSPS) is 15.1. The van der Waals surface area contributed by atoms with E-state index >= 15 is 0 Å². The van der Waals surface area contributed by atoms with Gasteiger partial charge in [0.1, 0.15) is 5.76 Å². The highest BCUT2D eigenvalue weighted by Crippen LogP contribution is 2.19. The maximum Gasteiger partial charge on any atom is 0.310 e. The SMILES string of the molecule is CCOCCCCC(=O)OC1=CCCC1. The van der Waals surface area contributed by atoms with E-state index in [1.165, 1.54) is 0 Å². The van der Waals surface area contributed by atoms with Gasteiger partial charge in [0.15, 0.2) is 0 Å². The van der Waals surface area contributed by atoms with Crippen LogP contribution < -0.4 is 0 Å². The molecule has 3 nitrogen and oxygen atoms in total. The first kappa shape index (κ1) is 12.2. The highest BCUT2D eigenvalue weighted by molar-refractivity contribution is 5.70. The highest BCUT2D eigenvalue weighted by Gasteiger charge is 2.10. The smallest absolute Gasteiger partial charge is 0.310 e. The Bertz CT molecular complexity index is 221. The van der Waals surface area contributed by atoms with Crippen LogP contribution in [0.15, 0.2) is 11.8 Å². The molecule has 0 N–H and O–H groups in total. The molecule has 0 fully saturated rings. The second-order valence-corrected chi connectivity index (χ2v) is 3.69. The number of esters is 1. The van der Waals surface area contributed by atoms with E-state index in [1.807, 2.05) is 13.0 Å². The van der Waals surface area contributed by atoms with Gasteiger partial charge in [0.2, 0.25) is 0 Å². The summed E-state index contributed by atoms with van der Waals surface area (Å²) in [5.41, 5.74) is 0. The van der Waals surface area contributed by atoms with Crippen LogP contribution in [0.25, 0.3) is 0 Å². The molecule has 15 heavy (non-hydrogen) atoms. The van der Waals surface area contributed by atoms with Crippen molar-refractivity contribution < 1.29 is 14.3 Å². The fraction of sp³-hybridized carbons (Fsp3) is 0.750. The van der Waals surface area contributed by atoms with E-state index in [0.717, 1.165) is 51.1 Å². The number of hydrogen-bond donors (Lipinski definition) is 0. The molecule has 1 aliphatic rings. The second kappa shape index (κ2) is 7.46. The van der Waals surface area contributed by atoms with Gasteiger partial charge < -0.3 is 9.47 Å². The largest absolute Gasteiger partial charge is 0.431 e. The molecule has 3 heteroatoms. The summed E-state index contributed by atoms with van der Waals surface area (Å²) in [6, 6.07) is 0. The third kappa shape index (κ3) is 5.57. The Kier molecular flexibility index (Phi) is 6.09. The van der Waals surface area contributed by atoms with E-state index in [0.29, 0.717) is 6.42 Å². The number of allylic oxidation sites excluding steroid dienone is 2. The van der Waals surface area contributed by atoms with Crippen LogP contribution in [0.5, 0.6) is 0 Å². The van der Waals surface area contributed by atoms with Gasteiger partial charge in [-0.25, -0.2) is 0 Å². The quantitative estimate of drug-likeness (QED) is 0.481. The zero-order valence-electron chi connectivity index (χ0n) is 9.46. The summed E-state index contributed by atoms with van der Waals surface area (Å²) in [6.45, 7) is 3.46. The van der Waals surface area contributed by atoms with Crippen molar-refractivity contribution in [3.8, 4) is 0 Å².